The zero-order valence-corrected chi connectivity index (χ0v) is 11.9. The second-order valence-corrected chi connectivity index (χ2v) is 5.72. The first-order chi connectivity index (χ1) is 8.93. The molecule has 2 unspecified atom stereocenters. The van der Waals surface area contributed by atoms with Crippen molar-refractivity contribution in [2.24, 2.45) is 11.1 Å². The standard InChI is InChI=1S/C14H19ClN2O2/c1-9(10-3-5-11(15)6-4-10)17-13(18)14(2)8-19-7-12(14)16/h3-6,9,12H,7-8,16H2,1-2H3,(H,17,18)/t9-,12?,14?/m0/s1. The molecule has 3 N–H and O–H groups in total. The molecule has 1 fully saturated rings. The number of carbonyl (C=O) groups is 1. The Morgan fingerprint density at radius 3 is 2.68 bits per heavy atom. The van der Waals surface area contributed by atoms with Gasteiger partial charge in [-0.2, -0.15) is 0 Å². The topological polar surface area (TPSA) is 64.3 Å². The SMILES string of the molecule is C[C@H](NC(=O)C1(C)COCC1N)c1ccc(Cl)cc1. The summed E-state index contributed by atoms with van der Waals surface area (Å²) in [4.78, 5) is 12.3. The Kier molecular flexibility index (Phi) is 4.13. The molecule has 0 bridgehead atoms. The van der Waals surface area contributed by atoms with Gasteiger partial charge in [0.1, 0.15) is 0 Å². The Labute approximate surface area is 118 Å². The Morgan fingerprint density at radius 1 is 1.53 bits per heavy atom. The lowest BCUT2D eigenvalue weighted by molar-refractivity contribution is -0.131. The van der Waals surface area contributed by atoms with Crippen molar-refractivity contribution in [2.75, 3.05) is 13.2 Å². The molecule has 1 amide bonds. The number of hydrogen-bond donors (Lipinski definition) is 2. The number of ether oxygens (including phenoxy) is 1. The van der Waals surface area contributed by atoms with Crippen LogP contribution in [0.4, 0.5) is 0 Å². The normalized spacial score (nSPS) is 28.1. The fraction of sp³-hybridized carbons (Fsp3) is 0.500. The fourth-order valence-corrected chi connectivity index (χ4v) is 2.25. The van der Waals surface area contributed by atoms with Gasteiger partial charge in [-0.3, -0.25) is 4.79 Å². The predicted molar refractivity (Wildman–Crippen MR) is 74.9 cm³/mol. The molecule has 1 aliphatic rings. The lowest BCUT2D eigenvalue weighted by Gasteiger charge is -2.27. The zero-order chi connectivity index (χ0) is 14.0. The molecule has 0 spiro atoms. The van der Waals surface area contributed by atoms with Crippen molar-refractivity contribution in [1.29, 1.82) is 0 Å². The average Bonchev–Trinajstić information content (AvgIpc) is 2.71. The minimum absolute atomic E-state index is 0.0695. The van der Waals surface area contributed by atoms with E-state index in [4.69, 9.17) is 22.1 Å². The highest BCUT2D eigenvalue weighted by atomic mass is 35.5. The van der Waals surface area contributed by atoms with Crippen LogP contribution in [0, 0.1) is 5.41 Å². The van der Waals surface area contributed by atoms with Gasteiger partial charge >= 0.3 is 0 Å². The smallest absolute Gasteiger partial charge is 0.230 e. The zero-order valence-electron chi connectivity index (χ0n) is 11.2. The number of nitrogens with one attached hydrogen (secondary N) is 1. The minimum Gasteiger partial charge on any atom is -0.379 e. The van der Waals surface area contributed by atoms with Gasteiger partial charge in [0, 0.05) is 11.1 Å². The van der Waals surface area contributed by atoms with Crippen molar-refractivity contribution < 1.29 is 9.53 Å². The molecule has 5 heteroatoms. The van der Waals surface area contributed by atoms with Gasteiger partial charge in [0.05, 0.1) is 24.7 Å². The maximum absolute atomic E-state index is 12.3. The molecule has 1 aliphatic heterocycles. The molecule has 19 heavy (non-hydrogen) atoms. The van der Waals surface area contributed by atoms with Crippen molar-refractivity contribution in [1.82, 2.24) is 5.32 Å². The molecule has 0 radical (unpaired) electrons. The van der Waals surface area contributed by atoms with Gasteiger partial charge in [0.25, 0.3) is 0 Å². The molecular weight excluding hydrogens is 264 g/mol. The van der Waals surface area contributed by atoms with Crippen LogP contribution in [0.5, 0.6) is 0 Å². The van der Waals surface area contributed by atoms with Crippen LogP contribution in [0.25, 0.3) is 0 Å². The Morgan fingerprint density at radius 2 is 2.16 bits per heavy atom. The number of hydrogen-bond acceptors (Lipinski definition) is 3. The summed E-state index contributed by atoms with van der Waals surface area (Å²) >= 11 is 5.85. The molecule has 2 rings (SSSR count). The summed E-state index contributed by atoms with van der Waals surface area (Å²) in [7, 11) is 0. The van der Waals surface area contributed by atoms with E-state index in [2.05, 4.69) is 5.32 Å². The quantitative estimate of drug-likeness (QED) is 0.890. The van der Waals surface area contributed by atoms with Crippen molar-refractivity contribution >= 4 is 17.5 Å². The molecular formula is C14H19ClN2O2. The molecule has 0 aromatic heterocycles. The number of rotatable bonds is 3. The number of benzene rings is 1. The van der Waals surface area contributed by atoms with Crippen LogP contribution in [0.1, 0.15) is 25.5 Å². The highest BCUT2D eigenvalue weighted by Gasteiger charge is 2.44. The van der Waals surface area contributed by atoms with E-state index >= 15 is 0 Å². The van der Waals surface area contributed by atoms with E-state index in [9.17, 15) is 4.79 Å². The van der Waals surface area contributed by atoms with Crippen LogP contribution in [-0.2, 0) is 9.53 Å². The van der Waals surface area contributed by atoms with E-state index in [0.29, 0.717) is 18.2 Å². The maximum Gasteiger partial charge on any atom is 0.230 e. The highest BCUT2D eigenvalue weighted by Crippen LogP contribution is 2.28. The van der Waals surface area contributed by atoms with Gasteiger partial charge < -0.3 is 15.8 Å². The largest absolute Gasteiger partial charge is 0.379 e. The van der Waals surface area contributed by atoms with Crippen molar-refractivity contribution in [2.45, 2.75) is 25.9 Å². The third kappa shape index (κ3) is 2.91. The van der Waals surface area contributed by atoms with Crippen LogP contribution < -0.4 is 11.1 Å². The predicted octanol–water partition coefficient (Wildman–Crippen LogP) is 1.88. The maximum atomic E-state index is 12.3. The first-order valence-electron chi connectivity index (χ1n) is 6.33. The number of halogens is 1. The first kappa shape index (κ1) is 14.3. The number of carbonyl (C=O) groups excluding carboxylic acids is 1. The number of nitrogens with two attached hydrogens (primary N) is 1. The molecule has 1 heterocycles. The molecule has 104 valence electrons. The van der Waals surface area contributed by atoms with E-state index < -0.39 is 5.41 Å². The Hall–Kier alpha value is -1.10. The average molecular weight is 283 g/mol. The van der Waals surface area contributed by atoms with Crippen molar-refractivity contribution in [3.8, 4) is 0 Å². The fourth-order valence-electron chi connectivity index (χ4n) is 2.12. The summed E-state index contributed by atoms with van der Waals surface area (Å²) < 4.78 is 5.29. The summed E-state index contributed by atoms with van der Waals surface area (Å²) in [6.07, 6.45) is 0. The molecule has 0 aliphatic carbocycles. The summed E-state index contributed by atoms with van der Waals surface area (Å²) in [5.74, 6) is -0.0695. The van der Waals surface area contributed by atoms with Gasteiger partial charge in [-0.15, -0.1) is 0 Å². The molecule has 1 aromatic carbocycles. The van der Waals surface area contributed by atoms with Crippen LogP contribution in [-0.4, -0.2) is 25.2 Å². The summed E-state index contributed by atoms with van der Waals surface area (Å²) in [5, 5.41) is 3.67. The van der Waals surface area contributed by atoms with E-state index in [1.165, 1.54) is 0 Å². The van der Waals surface area contributed by atoms with Crippen molar-refractivity contribution in [3.63, 3.8) is 0 Å². The molecule has 1 aromatic rings. The van der Waals surface area contributed by atoms with Gasteiger partial charge in [0.2, 0.25) is 5.91 Å². The summed E-state index contributed by atoms with van der Waals surface area (Å²) in [5.41, 5.74) is 6.30. The molecule has 4 nitrogen and oxygen atoms in total. The van der Waals surface area contributed by atoms with Crippen LogP contribution in [0.15, 0.2) is 24.3 Å². The Balaban J connectivity index is 2.04. The first-order valence-corrected chi connectivity index (χ1v) is 6.71. The van der Waals surface area contributed by atoms with Crippen LogP contribution in [0.3, 0.4) is 0 Å². The van der Waals surface area contributed by atoms with Gasteiger partial charge in [0.15, 0.2) is 0 Å². The van der Waals surface area contributed by atoms with E-state index in [1.54, 1.807) is 0 Å². The summed E-state index contributed by atoms with van der Waals surface area (Å²) in [6, 6.07) is 7.08. The molecule has 0 saturated carbocycles. The van der Waals surface area contributed by atoms with Gasteiger partial charge in [-0.05, 0) is 31.5 Å². The minimum atomic E-state index is -0.652. The molecule has 1 saturated heterocycles. The summed E-state index contributed by atoms with van der Waals surface area (Å²) in [6.45, 7) is 4.58. The Bertz CT molecular complexity index is 463. The third-order valence-electron chi connectivity index (χ3n) is 3.75. The van der Waals surface area contributed by atoms with E-state index in [0.717, 1.165) is 5.56 Å². The van der Waals surface area contributed by atoms with E-state index in [-0.39, 0.29) is 18.0 Å². The van der Waals surface area contributed by atoms with Crippen LogP contribution in [0.2, 0.25) is 5.02 Å². The lowest BCUT2D eigenvalue weighted by atomic mass is 9.84. The van der Waals surface area contributed by atoms with Gasteiger partial charge in [-0.1, -0.05) is 23.7 Å². The van der Waals surface area contributed by atoms with Crippen molar-refractivity contribution in [3.05, 3.63) is 34.9 Å². The second kappa shape index (κ2) is 5.49. The second-order valence-electron chi connectivity index (χ2n) is 5.29. The monoisotopic (exact) mass is 282 g/mol. The van der Waals surface area contributed by atoms with E-state index in [1.807, 2.05) is 38.1 Å². The van der Waals surface area contributed by atoms with Gasteiger partial charge in [-0.25, -0.2) is 0 Å². The molecule has 3 atom stereocenters. The lowest BCUT2D eigenvalue weighted by Crippen LogP contribution is -2.50. The highest BCUT2D eigenvalue weighted by molar-refractivity contribution is 6.30. The number of amides is 1. The van der Waals surface area contributed by atoms with Crippen LogP contribution >= 0.6 is 11.6 Å². The third-order valence-corrected chi connectivity index (χ3v) is 4.01.